The number of methoxy groups -OCH3 is 1. The van der Waals surface area contributed by atoms with Crippen LogP contribution >= 0.6 is 0 Å². The van der Waals surface area contributed by atoms with E-state index in [1.54, 1.807) is 19.1 Å². The van der Waals surface area contributed by atoms with Crippen molar-refractivity contribution in [2.24, 2.45) is 0 Å². The van der Waals surface area contributed by atoms with Crippen LogP contribution in [-0.4, -0.2) is 81.3 Å². The zero-order chi connectivity index (χ0) is 31.8. The third kappa shape index (κ3) is 6.48. The van der Waals surface area contributed by atoms with Gasteiger partial charge in [-0.25, -0.2) is 0 Å². The molecule has 5 rings (SSSR count). The van der Waals surface area contributed by atoms with E-state index in [0.29, 0.717) is 41.4 Å². The van der Waals surface area contributed by atoms with Gasteiger partial charge in [-0.15, -0.1) is 0 Å². The van der Waals surface area contributed by atoms with Crippen molar-refractivity contribution in [3.63, 3.8) is 0 Å². The van der Waals surface area contributed by atoms with Gasteiger partial charge >= 0.3 is 6.18 Å². The molecule has 2 N–H and O–H groups in total. The Morgan fingerprint density at radius 3 is 2.45 bits per heavy atom. The van der Waals surface area contributed by atoms with Gasteiger partial charge in [0.25, 0.3) is 11.5 Å². The zero-order valence-electron chi connectivity index (χ0n) is 25.4. The summed E-state index contributed by atoms with van der Waals surface area (Å²) in [5.41, 5.74) is 5.51. The maximum absolute atomic E-state index is 13.8. The average Bonchev–Trinajstić information content (AvgIpc) is 3.39. The summed E-state index contributed by atoms with van der Waals surface area (Å²) in [7, 11) is 1.47. The van der Waals surface area contributed by atoms with E-state index >= 15 is 0 Å². The number of aromatic nitrogens is 4. The molecule has 44 heavy (non-hydrogen) atoms. The zero-order valence-corrected chi connectivity index (χ0v) is 25.4. The number of carbonyl (C=O) groups is 1. The summed E-state index contributed by atoms with van der Waals surface area (Å²) in [4.78, 5) is 32.7. The first-order valence-corrected chi connectivity index (χ1v) is 14.4. The highest BCUT2D eigenvalue weighted by Crippen LogP contribution is 2.33. The molecule has 0 aromatic carbocycles. The van der Waals surface area contributed by atoms with Gasteiger partial charge in [-0.1, -0.05) is 0 Å². The molecule has 1 atom stereocenters. The van der Waals surface area contributed by atoms with Crippen LogP contribution in [0, 0.1) is 20.8 Å². The van der Waals surface area contributed by atoms with Crippen molar-refractivity contribution in [2.75, 3.05) is 39.8 Å². The summed E-state index contributed by atoms with van der Waals surface area (Å²) in [6.07, 6.45) is -2.32. The number of rotatable bonds is 8. The van der Waals surface area contributed by atoms with Crippen molar-refractivity contribution < 1.29 is 22.7 Å². The molecule has 1 aliphatic rings. The summed E-state index contributed by atoms with van der Waals surface area (Å²) in [6, 6.07) is 8.94. The van der Waals surface area contributed by atoms with Crippen LogP contribution in [0.4, 0.5) is 13.2 Å². The molecule has 0 aliphatic carbocycles. The molecule has 0 saturated carbocycles. The number of hydrogen-bond acceptors (Lipinski definition) is 7. The van der Waals surface area contributed by atoms with Crippen LogP contribution in [0.25, 0.3) is 16.8 Å². The summed E-state index contributed by atoms with van der Waals surface area (Å²) < 4.78 is 46.4. The summed E-state index contributed by atoms with van der Waals surface area (Å²) >= 11 is 0. The van der Waals surface area contributed by atoms with E-state index in [1.807, 2.05) is 49.6 Å². The minimum absolute atomic E-state index is 0.0500. The highest BCUT2D eigenvalue weighted by atomic mass is 19.4. The normalized spacial score (nSPS) is 15.5. The standard InChI is InChI=1S/C31H36F3N7O3/c1-18-6-7-25(38-37-18)22-8-9-41-26(22)15-23(29(42)35-16-24-27(44-5)14-19(2)36-30(24)43)20(3)28(41)21(4)40-12-10-39(11-13-40)17-31(32,33)34/h6-9,14-15,21H,10-13,16-17H2,1-5H3,(H,35,42)(H,36,43)/t21-/m0/s1. The van der Waals surface area contributed by atoms with Crippen molar-refractivity contribution in [1.82, 2.24) is 34.7 Å². The molecule has 1 saturated heterocycles. The van der Waals surface area contributed by atoms with E-state index in [4.69, 9.17) is 4.74 Å². The maximum atomic E-state index is 13.8. The van der Waals surface area contributed by atoms with Crippen LogP contribution in [0.15, 0.2) is 41.3 Å². The van der Waals surface area contributed by atoms with Gasteiger partial charge in [-0.3, -0.25) is 19.4 Å². The molecule has 234 valence electrons. The molecule has 0 unspecified atom stereocenters. The molecule has 5 heterocycles. The lowest BCUT2D eigenvalue weighted by molar-refractivity contribution is -0.149. The molecular weight excluding hydrogens is 575 g/mol. The van der Waals surface area contributed by atoms with Gasteiger partial charge in [0.05, 0.1) is 42.7 Å². The van der Waals surface area contributed by atoms with Crippen molar-refractivity contribution in [3.8, 4) is 17.0 Å². The molecule has 4 aromatic heterocycles. The number of H-pyrrole nitrogens is 1. The van der Waals surface area contributed by atoms with Crippen LogP contribution in [-0.2, 0) is 6.54 Å². The molecule has 1 amide bonds. The lowest BCUT2D eigenvalue weighted by Crippen LogP contribution is -2.49. The van der Waals surface area contributed by atoms with E-state index in [1.165, 1.54) is 12.0 Å². The fourth-order valence-corrected chi connectivity index (χ4v) is 5.91. The summed E-state index contributed by atoms with van der Waals surface area (Å²) in [5.74, 6) is 0.00198. The van der Waals surface area contributed by atoms with Crippen LogP contribution in [0.2, 0.25) is 0 Å². The number of aryl methyl sites for hydroxylation is 2. The van der Waals surface area contributed by atoms with E-state index < -0.39 is 12.7 Å². The Hall–Kier alpha value is -4.23. The highest BCUT2D eigenvalue weighted by molar-refractivity contribution is 5.98. The number of alkyl halides is 3. The van der Waals surface area contributed by atoms with Gasteiger partial charge < -0.3 is 19.4 Å². The van der Waals surface area contributed by atoms with Gasteiger partial charge in [-0.05, 0) is 63.6 Å². The number of ether oxygens (including phenoxy) is 1. The second kappa shape index (κ2) is 12.4. The number of aromatic amines is 1. The van der Waals surface area contributed by atoms with Gasteiger partial charge in [0, 0.05) is 60.9 Å². The first kappa shape index (κ1) is 31.2. The Labute approximate surface area is 252 Å². The number of nitrogens with one attached hydrogen (secondary N) is 2. The van der Waals surface area contributed by atoms with Crippen LogP contribution in [0.5, 0.6) is 5.75 Å². The number of hydrogen-bond donors (Lipinski definition) is 2. The molecule has 0 radical (unpaired) electrons. The smallest absolute Gasteiger partial charge is 0.401 e. The molecule has 10 nitrogen and oxygen atoms in total. The van der Waals surface area contributed by atoms with Gasteiger partial charge in [-0.2, -0.15) is 23.4 Å². The number of amides is 1. The summed E-state index contributed by atoms with van der Waals surface area (Å²) in [5, 5.41) is 11.4. The van der Waals surface area contributed by atoms with Crippen molar-refractivity contribution in [1.29, 1.82) is 0 Å². The minimum atomic E-state index is -4.24. The lowest BCUT2D eigenvalue weighted by Gasteiger charge is -2.39. The molecule has 1 aliphatic heterocycles. The monoisotopic (exact) mass is 611 g/mol. The van der Waals surface area contributed by atoms with E-state index in [-0.39, 0.29) is 37.1 Å². The second-order valence-electron chi connectivity index (χ2n) is 11.2. The number of pyridine rings is 2. The highest BCUT2D eigenvalue weighted by Gasteiger charge is 2.34. The van der Waals surface area contributed by atoms with Crippen LogP contribution in [0.3, 0.4) is 0 Å². The number of nitrogens with zero attached hydrogens (tertiary/aromatic N) is 5. The first-order chi connectivity index (χ1) is 20.9. The average molecular weight is 612 g/mol. The quantitative estimate of drug-likeness (QED) is 0.308. The first-order valence-electron chi connectivity index (χ1n) is 14.4. The predicted molar refractivity (Wildman–Crippen MR) is 160 cm³/mol. The number of halogens is 3. The van der Waals surface area contributed by atoms with Crippen LogP contribution < -0.4 is 15.6 Å². The van der Waals surface area contributed by atoms with Crippen molar-refractivity contribution >= 4 is 11.4 Å². The Balaban J connectivity index is 1.52. The fourth-order valence-electron chi connectivity index (χ4n) is 5.91. The summed E-state index contributed by atoms with van der Waals surface area (Å²) in [6.45, 7) is 7.96. The number of piperazine rings is 1. The molecule has 0 spiro atoms. The van der Waals surface area contributed by atoms with Gasteiger partial charge in [0.2, 0.25) is 0 Å². The Morgan fingerprint density at radius 1 is 1.09 bits per heavy atom. The SMILES string of the molecule is COc1cc(C)[nH]c(=O)c1CNC(=O)c1cc2c(-c3ccc(C)nn3)ccn2c([C@H](C)N2CCN(CC(F)(F)F)CC2)c1C. The number of carbonyl (C=O) groups excluding carboxylic acids is 1. The lowest BCUT2D eigenvalue weighted by atomic mass is 9.99. The third-order valence-electron chi connectivity index (χ3n) is 8.20. The molecule has 13 heteroatoms. The third-order valence-corrected chi connectivity index (χ3v) is 8.20. The van der Waals surface area contributed by atoms with E-state index in [9.17, 15) is 22.8 Å². The minimum Gasteiger partial charge on any atom is -0.496 e. The number of fused-ring (bicyclic) bond motifs is 1. The molecule has 1 fully saturated rings. The maximum Gasteiger partial charge on any atom is 0.401 e. The van der Waals surface area contributed by atoms with E-state index in [2.05, 4.69) is 25.4 Å². The Bertz CT molecular complexity index is 1720. The molecular formula is C31H36F3N7O3. The Kier molecular flexibility index (Phi) is 8.80. The second-order valence-corrected chi connectivity index (χ2v) is 11.2. The fraction of sp³-hybridized carbons (Fsp3) is 0.419. The van der Waals surface area contributed by atoms with Crippen molar-refractivity contribution in [2.45, 2.75) is 46.5 Å². The predicted octanol–water partition coefficient (Wildman–Crippen LogP) is 4.19. The molecule has 0 bridgehead atoms. The van der Waals surface area contributed by atoms with Crippen LogP contribution in [0.1, 0.15) is 51.5 Å². The van der Waals surface area contributed by atoms with E-state index in [0.717, 1.165) is 28.0 Å². The van der Waals surface area contributed by atoms with Crippen molar-refractivity contribution in [3.05, 3.63) is 80.7 Å². The Morgan fingerprint density at radius 2 is 1.82 bits per heavy atom. The topological polar surface area (TPSA) is 108 Å². The largest absolute Gasteiger partial charge is 0.496 e. The van der Waals surface area contributed by atoms with Gasteiger partial charge in [0.1, 0.15) is 5.75 Å². The van der Waals surface area contributed by atoms with Gasteiger partial charge in [0.15, 0.2) is 0 Å². The molecule has 4 aromatic rings.